The molecule has 0 rings (SSSR count). The van der Waals surface area contributed by atoms with Gasteiger partial charge in [0.1, 0.15) is 0 Å². The Hall–Kier alpha value is -0.120. The molecule has 0 aromatic heterocycles. The second-order valence-corrected chi connectivity index (χ2v) is 4.28. The molecule has 3 heteroatoms. The monoisotopic (exact) mass is 214 g/mol. The maximum atomic E-state index is 5.87. The van der Waals surface area contributed by atoms with Crippen LogP contribution in [-0.2, 0) is 0 Å². The number of nitrogens with zero attached hydrogens (tertiary/aromatic N) is 1. The van der Waals surface area contributed by atoms with Crippen LogP contribution < -0.4 is 16.8 Å². The van der Waals surface area contributed by atoms with Crippen molar-refractivity contribution in [1.29, 1.82) is 0 Å². The maximum absolute atomic E-state index is 5.87. The van der Waals surface area contributed by atoms with Gasteiger partial charge in [-0.15, -0.1) is 0 Å². The number of hydrogen-bond donors (Lipinski definition) is 2. The summed E-state index contributed by atoms with van der Waals surface area (Å²) in [6.45, 7) is 4.39. The highest BCUT2D eigenvalue weighted by atomic mass is 15.1. The van der Waals surface area contributed by atoms with E-state index in [9.17, 15) is 0 Å². The molecule has 0 saturated heterocycles. The van der Waals surface area contributed by atoms with Crippen molar-refractivity contribution in [3.8, 4) is 0 Å². The molecule has 0 aromatic carbocycles. The molecule has 4 N–H and O–H groups in total. The van der Waals surface area contributed by atoms with Crippen LogP contribution in [0.25, 0.3) is 0 Å². The van der Waals surface area contributed by atoms with E-state index in [1.807, 2.05) is 0 Å². The summed E-state index contributed by atoms with van der Waals surface area (Å²) in [5.41, 5.74) is 11.7. The molecular formula is C12H28N3. The second-order valence-electron chi connectivity index (χ2n) is 4.28. The van der Waals surface area contributed by atoms with Gasteiger partial charge < -0.3 is 11.5 Å². The molecule has 0 aliphatic heterocycles. The SMILES string of the molecule is CCCCCC(N)[N]C(N)CCCCC. The second kappa shape index (κ2) is 10.4. The Bertz CT molecular complexity index is 114. The molecule has 2 atom stereocenters. The summed E-state index contributed by atoms with van der Waals surface area (Å²) in [7, 11) is 0. The molecule has 0 fully saturated rings. The van der Waals surface area contributed by atoms with E-state index in [-0.39, 0.29) is 12.3 Å². The van der Waals surface area contributed by atoms with Gasteiger partial charge >= 0.3 is 0 Å². The van der Waals surface area contributed by atoms with E-state index in [4.69, 9.17) is 11.5 Å². The smallest absolute Gasteiger partial charge is 0.0729 e. The molecule has 0 aliphatic carbocycles. The molecule has 15 heavy (non-hydrogen) atoms. The minimum Gasteiger partial charge on any atom is -0.315 e. The molecule has 3 nitrogen and oxygen atoms in total. The Morgan fingerprint density at radius 2 is 1.20 bits per heavy atom. The van der Waals surface area contributed by atoms with Gasteiger partial charge in [0.25, 0.3) is 0 Å². The Morgan fingerprint density at radius 1 is 0.800 bits per heavy atom. The van der Waals surface area contributed by atoms with E-state index in [1.54, 1.807) is 0 Å². The zero-order valence-corrected chi connectivity index (χ0v) is 10.4. The third kappa shape index (κ3) is 10.2. The lowest BCUT2D eigenvalue weighted by molar-refractivity contribution is 0.376. The fourth-order valence-electron chi connectivity index (χ4n) is 1.60. The van der Waals surface area contributed by atoms with Crippen LogP contribution in [0.5, 0.6) is 0 Å². The average Bonchev–Trinajstić information content (AvgIpc) is 2.18. The van der Waals surface area contributed by atoms with Gasteiger partial charge in [0.2, 0.25) is 0 Å². The van der Waals surface area contributed by atoms with E-state index in [1.165, 1.54) is 38.5 Å². The van der Waals surface area contributed by atoms with Crippen molar-refractivity contribution in [1.82, 2.24) is 5.32 Å². The molecule has 0 amide bonds. The first-order valence-corrected chi connectivity index (χ1v) is 6.41. The van der Waals surface area contributed by atoms with Crippen LogP contribution in [0.4, 0.5) is 0 Å². The van der Waals surface area contributed by atoms with Crippen molar-refractivity contribution in [3.63, 3.8) is 0 Å². The van der Waals surface area contributed by atoms with Gasteiger partial charge in [-0.1, -0.05) is 52.4 Å². The Morgan fingerprint density at radius 3 is 1.53 bits per heavy atom. The summed E-state index contributed by atoms with van der Waals surface area (Å²) in [5.74, 6) is 0. The van der Waals surface area contributed by atoms with Gasteiger partial charge in [-0.25, -0.2) is 5.32 Å². The van der Waals surface area contributed by atoms with Gasteiger partial charge in [0, 0.05) is 0 Å². The predicted octanol–water partition coefficient (Wildman–Crippen LogP) is 2.32. The molecule has 0 heterocycles. The molecule has 0 aliphatic rings. The van der Waals surface area contributed by atoms with Gasteiger partial charge in [-0.3, -0.25) is 0 Å². The van der Waals surface area contributed by atoms with E-state index in [2.05, 4.69) is 19.2 Å². The van der Waals surface area contributed by atoms with Crippen LogP contribution in [-0.4, -0.2) is 12.3 Å². The Labute approximate surface area is 95.0 Å². The van der Waals surface area contributed by atoms with E-state index in [0.29, 0.717) is 0 Å². The highest BCUT2D eigenvalue weighted by molar-refractivity contribution is 4.64. The molecule has 1 radical (unpaired) electrons. The molecule has 0 bridgehead atoms. The highest BCUT2D eigenvalue weighted by Crippen LogP contribution is 2.04. The first-order valence-electron chi connectivity index (χ1n) is 6.41. The van der Waals surface area contributed by atoms with Gasteiger partial charge in [-0.2, -0.15) is 0 Å². The summed E-state index contributed by atoms with van der Waals surface area (Å²) in [5, 5.41) is 4.38. The normalized spacial score (nSPS) is 15.2. The van der Waals surface area contributed by atoms with E-state index in [0.717, 1.165) is 12.8 Å². The lowest BCUT2D eigenvalue weighted by atomic mass is 10.1. The summed E-state index contributed by atoms with van der Waals surface area (Å²) in [6, 6.07) is 0. The van der Waals surface area contributed by atoms with Crippen molar-refractivity contribution < 1.29 is 0 Å². The van der Waals surface area contributed by atoms with Crippen molar-refractivity contribution in [2.45, 2.75) is 77.5 Å². The molecule has 2 unspecified atom stereocenters. The third-order valence-corrected chi connectivity index (χ3v) is 2.59. The minimum atomic E-state index is -0.0480. The third-order valence-electron chi connectivity index (χ3n) is 2.59. The highest BCUT2D eigenvalue weighted by Gasteiger charge is 2.08. The average molecular weight is 214 g/mol. The topological polar surface area (TPSA) is 66.1 Å². The summed E-state index contributed by atoms with van der Waals surface area (Å²) >= 11 is 0. The lowest BCUT2D eigenvalue weighted by Gasteiger charge is -2.17. The molecular weight excluding hydrogens is 186 g/mol. The van der Waals surface area contributed by atoms with E-state index < -0.39 is 0 Å². The Balaban J connectivity index is 3.35. The van der Waals surface area contributed by atoms with Gasteiger partial charge in [0.05, 0.1) is 12.3 Å². The van der Waals surface area contributed by atoms with Crippen LogP contribution in [0.2, 0.25) is 0 Å². The van der Waals surface area contributed by atoms with Crippen LogP contribution in [0.15, 0.2) is 0 Å². The molecule has 0 spiro atoms. The van der Waals surface area contributed by atoms with E-state index >= 15 is 0 Å². The quantitative estimate of drug-likeness (QED) is 0.548. The van der Waals surface area contributed by atoms with Crippen molar-refractivity contribution in [2.24, 2.45) is 11.5 Å². The summed E-state index contributed by atoms with van der Waals surface area (Å²) < 4.78 is 0. The van der Waals surface area contributed by atoms with Gasteiger partial charge in [-0.05, 0) is 12.8 Å². The van der Waals surface area contributed by atoms with Crippen LogP contribution >= 0.6 is 0 Å². The van der Waals surface area contributed by atoms with Crippen molar-refractivity contribution >= 4 is 0 Å². The maximum Gasteiger partial charge on any atom is 0.0729 e. The van der Waals surface area contributed by atoms with Crippen LogP contribution in [0, 0.1) is 0 Å². The first kappa shape index (κ1) is 14.9. The van der Waals surface area contributed by atoms with Crippen LogP contribution in [0.3, 0.4) is 0 Å². The number of hydrogen-bond acceptors (Lipinski definition) is 2. The first-order chi connectivity index (χ1) is 7.20. The largest absolute Gasteiger partial charge is 0.315 e. The van der Waals surface area contributed by atoms with Gasteiger partial charge in [0.15, 0.2) is 0 Å². The van der Waals surface area contributed by atoms with Crippen LogP contribution in [0.1, 0.15) is 65.2 Å². The fourth-order valence-corrected chi connectivity index (χ4v) is 1.60. The molecule has 0 saturated carbocycles. The Kier molecular flexibility index (Phi) is 10.3. The van der Waals surface area contributed by atoms with Crippen molar-refractivity contribution in [3.05, 3.63) is 0 Å². The zero-order chi connectivity index (χ0) is 11.5. The number of nitrogens with two attached hydrogens (primary N) is 2. The molecule has 91 valence electrons. The number of unbranched alkanes of at least 4 members (excludes halogenated alkanes) is 4. The lowest BCUT2D eigenvalue weighted by Crippen LogP contribution is -2.42. The minimum absolute atomic E-state index is 0.0480. The predicted molar refractivity (Wildman–Crippen MR) is 66.4 cm³/mol. The standard InChI is InChI=1S/C12H28N3/c1-3-5-7-9-11(13)15-12(14)10-8-6-4-2/h11-12H,3-10,13-14H2,1-2H3. The summed E-state index contributed by atoms with van der Waals surface area (Å²) in [4.78, 5) is 0. The van der Waals surface area contributed by atoms with Crippen molar-refractivity contribution in [2.75, 3.05) is 0 Å². The summed E-state index contributed by atoms with van der Waals surface area (Å²) in [6.07, 6.45) is 9.16. The number of rotatable bonds is 10. The fraction of sp³-hybridized carbons (Fsp3) is 1.00. The zero-order valence-electron chi connectivity index (χ0n) is 10.4. The molecule has 0 aromatic rings.